The van der Waals surface area contributed by atoms with Crippen LogP contribution in [-0.2, 0) is 9.59 Å². The zero-order valence-corrected chi connectivity index (χ0v) is 15.5. The SMILES string of the molecule is CNC(=O)C1=NN(C)C(=O)C1=Cc1ccc(N(C)c2ccc(C(=O)O)cc2)o1. The zero-order chi connectivity index (χ0) is 20.4. The Morgan fingerprint density at radius 2 is 1.89 bits per heavy atom. The quantitative estimate of drug-likeness (QED) is 0.761. The van der Waals surface area contributed by atoms with E-state index in [4.69, 9.17) is 9.52 Å². The van der Waals surface area contributed by atoms with Crippen LogP contribution in [0.15, 0.2) is 51.5 Å². The molecule has 0 aliphatic carbocycles. The van der Waals surface area contributed by atoms with Crippen molar-refractivity contribution in [1.82, 2.24) is 10.3 Å². The Hall–Kier alpha value is -3.88. The van der Waals surface area contributed by atoms with Crippen LogP contribution in [0.25, 0.3) is 6.08 Å². The summed E-state index contributed by atoms with van der Waals surface area (Å²) in [7, 11) is 4.69. The van der Waals surface area contributed by atoms with Crippen molar-refractivity contribution in [2.75, 3.05) is 26.0 Å². The number of hydrazone groups is 1. The fourth-order valence-electron chi connectivity index (χ4n) is 2.64. The molecule has 28 heavy (non-hydrogen) atoms. The number of likely N-dealkylation sites (N-methyl/N-ethyl adjacent to an activating group) is 1. The van der Waals surface area contributed by atoms with Crippen LogP contribution >= 0.6 is 0 Å². The van der Waals surface area contributed by atoms with Gasteiger partial charge >= 0.3 is 5.97 Å². The third-order valence-electron chi connectivity index (χ3n) is 4.20. The molecule has 0 spiro atoms. The number of hydrogen-bond donors (Lipinski definition) is 2. The largest absolute Gasteiger partial charge is 0.478 e. The Morgan fingerprint density at radius 1 is 1.21 bits per heavy atom. The highest BCUT2D eigenvalue weighted by Crippen LogP contribution is 2.27. The first-order chi connectivity index (χ1) is 13.3. The van der Waals surface area contributed by atoms with Crippen molar-refractivity contribution in [3.05, 3.63) is 53.3 Å². The molecule has 0 saturated heterocycles. The van der Waals surface area contributed by atoms with E-state index in [1.807, 2.05) is 0 Å². The van der Waals surface area contributed by atoms with E-state index < -0.39 is 17.8 Å². The maximum atomic E-state index is 12.3. The van der Waals surface area contributed by atoms with Gasteiger partial charge in [0.05, 0.1) is 11.1 Å². The number of nitrogens with zero attached hydrogens (tertiary/aromatic N) is 3. The van der Waals surface area contributed by atoms with Gasteiger partial charge in [-0.2, -0.15) is 5.10 Å². The van der Waals surface area contributed by atoms with E-state index in [9.17, 15) is 14.4 Å². The van der Waals surface area contributed by atoms with Crippen LogP contribution in [0.3, 0.4) is 0 Å². The smallest absolute Gasteiger partial charge is 0.335 e. The molecule has 144 valence electrons. The summed E-state index contributed by atoms with van der Waals surface area (Å²) < 4.78 is 5.76. The molecular formula is C19H18N4O5. The van der Waals surface area contributed by atoms with E-state index in [1.54, 1.807) is 36.2 Å². The van der Waals surface area contributed by atoms with Gasteiger partial charge in [0.15, 0.2) is 11.6 Å². The van der Waals surface area contributed by atoms with Gasteiger partial charge in [0.1, 0.15) is 5.76 Å². The molecule has 9 heteroatoms. The van der Waals surface area contributed by atoms with Gasteiger partial charge in [-0.15, -0.1) is 0 Å². The van der Waals surface area contributed by atoms with E-state index in [1.165, 1.54) is 32.3 Å². The van der Waals surface area contributed by atoms with Crippen LogP contribution in [0.1, 0.15) is 16.1 Å². The van der Waals surface area contributed by atoms with Gasteiger partial charge in [-0.3, -0.25) is 9.59 Å². The van der Waals surface area contributed by atoms with Crippen LogP contribution in [0.4, 0.5) is 11.6 Å². The Balaban J connectivity index is 1.86. The molecule has 2 aromatic rings. The minimum Gasteiger partial charge on any atom is -0.478 e. The number of hydrogen-bond acceptors (Lipinski definition) is 6. The third-order valence-corrected chi connectivity index (χ3v) is 4.20. The topological polar surface area (TPSA) is 115 Å². The average molecular weight is 382 g/mol. The van der Waals surface area contributed by atoms with Gasteiger partial charge in [0.2, 0.25) is 0 Å². The second-order valence-corrected chi connectivity index (χ2v) is 6.00. The molecule has 0 saturated carbocycles. The first kappa shape index (κ1) is 18.9. The predicted molar refractivity (Wildman–Crippen MR) is 102 cm³/mol. The number of carbonyl (C=O) groups is 3. The number of nitrogens with one attached hydrogen (secondary N) is 1. The minimum atomic E-state index is -0.999. The Morgan fingerprint density at radius 3 is 2.50 bits per heavy atom. The molecule has 3 rings (SSSR count). The number of carboxylic acids is 1. The lowest BCUT2D eigenvalue weighted by Crippen LogP contribution is -2.28. The number of amides is 2. The van der Waals surface area contributed by atoms with E-state index in [2.05, 4.69) is 10.4 Å². The molecule has 1 aliphatic rings. The van der Waals surface area contributed by atoms with Gasteiger partial charge < -0.3 is 19.7 Å². The Labute approximate surface area is 160 Å². The fraction of sp³-hybridized carbons (Fsp3) is 0.158. The second-order valence-electron chi connectivity index (χ2n) is 6.00. The van der Waals surface area contributed by atoms with Crippen LogP contribution in [0.2, 0.25) is 0 Å². The predicted octanol–water partition coefficient (Wildman–Crippen LogP) is 1.70. The first-order valence-electron chi connectivity index (χ1n) is 8.29. The molecule has 0 fully saturated rings. The zero-order valence-electron chi connectivity index (χ0n) is 15.5. The number of anilines is 2. The van der Waals surface area contributed by atoms with Crippen molar-refractivity contribution in [3.63, 3.8) is 0 Å². The van der Waals surface area contributed by atoms with Gasteiger partial charge in [-0.05, 0) is 36.4 Å². The monoisotopic (exact) mass is 382 g/mol. The maximum absolute atomic E-state index is 12.3. The van der Waals surface area contributed by atoms with Crippen molar-refractivity contribution < 1.29 is 23.9 Å². The molecule has 0 atom stereocenters. The first-order valence-corrected chi connectivity index (χ1v) is 8.29. The standard InChI is InChI=1S/C19H18N4O5/c1-20-17(24)16-14(18(25)23(3)21-16)10-13-8-9-15(28-13)22(2)12-6-4-11(5-7-12)19(26)27/h4-10H,1-3H3,(H,20,24)(H,26,27). The van der Waals surface area contributed by atoms with Gasteiger partial charge in [0.25, 0.3) is 11.8 Å². The maximum Gasteiger partial charge on any atom is 0.335 e. The highest BCUT2D eigenvalue weighted by Gasteiger charge is 2.32. The molecule has 2 N–H and O–H groups in total. The average Bonchev–Trinajstić information content (AvgIpc) is 3.27. The van der Waals surface area contributed by atoms with E-state index in [-0.39, 0.29) is 16.8 Å². The molecular weight excluding hydrogens is 364 g/mol. The van der Waals surface area contributed by atoms with Crippen LogP contribution in [-0.4, -0.2) is 54.8 Å². The Bertz CT molecular complexity index is 1000. The molecule has 0 bridgehead atoms. The van der Waals surface area contributed by atoms with E-state index in [0.29, 0.717) is 11.6 Å². The van der Waals surface area contributed by atoms with E-state index >= 15 is 0 Å². The van der Waals surface area contributed by atoms with Gasteiger partial charge in [-0.1, -0.05) is 0 Å². The molecule has 9 nitrogen and oxygen atoms in total. The summed E-state index contributed by atoms with van der Waals surface area (Å²) in [5.74, 6) is -1.02. The second kappa shape index (κ2) is 7.39. The lowest BCUT2D eigenvalue weighted by Gasteiger charge is -2.16. The summed E-state index contributed by atoms with van der Waals surface area (Å²) in [6, 6.07) is 9.69. The number of aromatic carboxylic acids is 1. The van der Waals surface area contributed by atoms with E-state index in [0.717, 1.165) is 10.7 Å². The summed E-state index contributed by atoms with van der Waals surface area (Å²) >= 11 is 0. The van der Waals surface area contributed by atoms with Crippen molar-refractivity contribution in [3.8, 4) is 0 Å². The molecule has 1 aromatic heterocycles. The molecule has 1 aliphatic heterocycles. The molecule has 0 unspecified atom stereocenters. The number of furan rings is 1. The van der Waals surface area contributed by atoms with Gasteiger partial charge in [0, 0.05) is 32.9 Å². The van der Waals surface area contributed by atoms with Gasteiger partial charge in [-0.25, -0.2) is 9.80 Å². The number of benzene rings is 1. The normalized spacial score (nSPS) is 15.0. The molecule has 2 amide bonds. The third kappa shape index (κ3) is 3.50. The minimum absolute atomic E-state index is 0.0190. The van der Waals surface area contributed by atoms with Crippen molar-refractivity contribution in [1.29, 1.82) is 0 Å². The number of carbonyl (C=O) groups excluding carboxylic acids is 2. The molecule has 1 aromatic carbocycles. The summed E-state index contributed by atoms with van der Waals surface area (Å²) in [5.41, 5.74) is 1.07. The number of carboxylic acid groups (broad SMARTS) is 1. The summed E-state index contributed by atoms with van der Waals surface area (Å²) in [6.07, 6.45) is 1.46. The van der Waals surface area contributed by atoms with Crippen LogP contribution in [0, 0.1) is 0 Å². The lowest BCUT2D eigenvalue weighted by atomic mass is 10.1. The van der Waals surface area contributed by atoms with Crippen molar-refractivity contribution in [2.24, 2.45) is 5.10 Å². The Kier molecular flexibility index (Phi) is 4.99. The lowest BCUT2D eigenvalue weighted by molar-refractivity contribution is -0.124. The summed E-state index contributed by atoms with van der Waals surface area (Å²) in [4.78, 5) is 36.9. The van der Waals surface area contributed by atoms with Crippen LogP contribution < -0.4 is 10.2 Å². The molecule has 0 radical (unpaired) electrons. The van der Waals surface area contributed by atoms with Crippen molar-refractivity contribution in [2.45, 2.75) is 0 Å². The van der Waals surface area contributed by atoms with Crippen LogP contribution in [0.5, 0.6) is 0 Å². The highest BCUT2D eigenvalue weighted by molar-refractivity contribution is 6.53. The van der Waals surface area contributed by atoms with Crippen molar-refractivity contribution >= 4 is 41.1 Å². The summed E-state index contributed by atoms with van der Waals surface area (Å²) in [5, 5.41) is 16.5. The highest BCUT2D eigenvalue weighted by atomic mass is 16.4. The fourth-order valence-corrected chi connectivity index (χ4v) is 2.64. The molecule has 2 heterocycles. The number of rotatable bonds is 5. The summed E-state index contributed by atoms with van der Waals surface area (Å²) in [6.45, 7) is 0.